The van der Waals surface area contributed by atoms with Crippen LogP contribution in [0.2, 0.25) is 0 Å². The SMILES string of the molecule is CC(=O)NC(CO)C1CC(O)(C(=O)O)CC1N. The first-order chi connectivity index (χ1) is 7.80. The Morgan fingerprint density at radius 1 is 1.53 bits per heavy atom. The Hall–Kier alpha value is -1.18. The molecule has 6 N–H and O–H groups in total. The first kappa shape index (κ1) is 13.9. The lowest BCUT2D eigenvalue weighted by atomic mass is 9.93. The topological polar surface area (TPSA) is 133 Å². The van der Waals surface area contributed by atoms with Crippen LogP contribution in [0.15, 0.2) is 0 Å². The second-order valence-corrected chi connectivity index (χ2v) is 4.56. The van der Waals surface area contributed by atoms with E-state index >= 15 is 0 Å². The van der Waals surface area contributed by atoms with Crippen molar-refractivity contribution in [3.8, 4) is 0 Å². The summed E-state index contributed by atoms with van der Waals surface area (Å²) in [6.45, 7) is 0.959. The van der Waals surface area contributed by atoms with Gasteiger partial charge in [-0.2, -0.15) is 0 Å². The number of nitrogens with two attached hydrogens (primary N) is 1. The fraction of sp³-hybridized carbons (Fsp3) is 0.800. The van der Waals surface area contributed by atoms with Gasteiger partial charge in [0.05, 0.1) is 12.6 Å². The zero-order chi connectivity index (χ0) is 13.2. The number of aliphatic hydroxyl groups is 2. The van der Waals surface area contributed by atoms with Crippen molar-refractivity contribution >= 4 is 11.9 Å². The van der Waals surface area contributed by atoms with Crippen LogP contribution in [0.5, 0.6) is 0 Å². The number of carboxylic acid groups (broad SMARTS) is 1. The number of carbonyl (C=O) groups excluding carboxylic acids is 1. The van der Waals surface area contributed by atoms with Gasteiger partial charge in [0.15, 0.2) is 5.60 Å². The summed E-state index contributed by atoms with van der Waals surface area (Å²) in [6.07, 6.45) is -0.155. The van der Waals surface area contributed by atoms with E-state index in [9.17, 15) is 14.7 Å². The summed E-state index contributed by atoms with van der Waals surface area (Å²) in [6, 6.07) is -1.20. The summed E-state index contributed by atoms with van der Waals surface area (Å²) >= 11 is 0. The molecule has 0 aliphatic heterocycles. The van der Waals surface area contributed by atoms with Crippen molar-refractivity contribution in [2.75, 3.05) is 6.61 Å². The number of hydrogen-bond donors (Lipinski definition) is 5. The molecule has 0 saturated heterocycles. The van der Waals surface area contributed by atoms with Crippen LogP contribution in [0.1, 0.15) is 19.8 Å². The molecule has 4 unspecified atom stereocenters. The Balaban J connectivity index is 2.78. The lowest BCUT2D eigenvalue weighted by Gasteiger charge is -2.25. The zero-order valence-corrected chi connectivity index (χ0v) is 9.59. The molecule has 1 amide bonds. The van der Waals surface area contributed by atoms with Crippen molar-refractivity contribution in [1.29, 1.82) is 0 Å². The van der Waals surface area contributed by atoms with Gasteiger partial charge in [0, 0.05) is 19.4 Å². The van der Waals surface area contributed by atoms with Gasteiger partial charge in [0.1, 0.15) is 0 Å². The molecule has 4 atom stereocenters. The third kappa shape index (κ3) is 2.93. The molecule has 1 rings (SSSR count). The molecular formula is C10H18N2O5. The molecule has 1 aliphatic carbocycles. The molecule has 7 nitrogen and oxygen atoms in total. The van der Waals surface area contributed by atoms with Crippen molar-refractivity contribution in [2.45, 2.75) is 37.5 Å². The van der Waals surface area contributed by atoms with Crippen molar-refractivity contribution in [3.05, 3.63) is 0 Å². The van der Waals surface area contributed by atoms with Crippen molar-refractivity contribution < 1.29 is 24.9 Å². The minimum atomic E-state index is -1.87. The van der Waals surface area contributed by atoms with Crippen molar-refractivity contribution in [1.82, 2.24) is 5.32 Å². The Kier molecular flexibility index (Phi) is 4.07. The highest BCUT2D eigenvalue weighted by Crippen LogP contribution is 2.35. The first-order valence-corrected chi connectivity index (χ1v) is 5.39. The standard InChI is InChI=1S/C10H18N2O5/c1-5(14)12-8(4-13)6-2-10(17,9(15)16)3-7(6)11/h6-8,13,17H,2-4,11H2,1H3,(H,12,14)(H,15,16). The van der Waals surface area contributed by atoms with E-state index in [2.05, 4.69) is 5.32 Å². The lowest BCUT2D eigenvalue weighted by Crippen LogP contribution is -2.46. The second kappa shape index (κ2) is 4.99. The minimum absolute atomic E-state index is 0.0744. The van der Waals surface area contributed by atoms with Gasteiger partial charge in [-0.3, -0.25) is 4.79 Å². The van der Waals surface area contributed by atoms with Crippen LogP contribution in [-0.2, 0) is 9.59 Å². The number of rotatable bonds is 4. The van der Waals surface area contributed by atoms with Crippen molar-refractivity contribution in [2.24, 2.45) is 11.7 Å². The summed E-state index contributed by atoms with van der Waals surface area (Å²) in [5.74, 6) is -2.11. The molecule has 0 radical (unpaired) electrons. The van der Waals surface area contributed by atoms with Gasteiger partial charge in [0.2, 0.25) is 5.91 Å². The summed E-state index contributed by atoms with van der Waals surface area (Å²) in [5.41, 5.74) is 3.89. The van der Waals surface area contributed by atoms with Crippen LogP contribution < -0.4 is 11.1 Å². The van der Waals surface area contributed by atoms with E-state index in [4.69, 9.17) is 15.9 Å². The normalized spacial score (nSPS) is 34.4. The van der Waals surface area contributed by atoms with Crippen LogP contribution in [0.25, 0.3) is 0 Å². The van der Waals surface area contributed by atoms with Gasteiger partial charge in [-0.05, 0) is 12.3 Å². The number of nitrogens with one attached hydrogen (secondary N) is 1. The average molecular weight is 246 g/mol. The summed E-state index contributed by atoms with van der Waals surface area (Å²) in [5, 5.41) is 30.4. The van der Waals surface area contributed by atoms with Gasteiger partial charge < -0.3 is 26.4 Å². The number of carbonyl (C=O) groups is 2. The van der Waals surface area contributed by atoms with Gasteiger partial charge in [-0.25, -0.2) is 4.79 Å². The summed E-state index contributed by atoms with van der Waals surface area (Å²) < 4.78 is 0. The molecule has 0 bridgehead atoms. The molecule has 7 heteroatoms. The van der Waals surface area contributed by atoms with E-state index in [0.29, 0.717) is 0 Å². The molecular weight excluding hydrogens is 228 g/mol. The first-order valence-electron chi connectivity index (χ1n) is 5.39. The largest absolute Gasteiger partial charge is 0.479 e. The molecule has 0 spiro atoms. The van der Waals surface area contributed by atoms with Crippen LogP contribution in [-0.4, -0.2) is 51.5 Å². The number of aliphatic hydroxyl groups excluding tert-OH is 1. The predicted molar refractivity (Wildman–Crippen MR) is 58.0 cm³/mol. The highest BCUT2D eigenvalue weighted by atomic mass is 16.4. The van der Waals surface area contributed by atoms with E-state index in [1.807, 2.05) is 0 Å². The fourth-order valence-electron chi connectivity index (χ4n) is 2.33. The highest BCUT2D eigenvalue weighted by molar-refractivity contribution is 5.78. The average Bonchev–Trinajstić information content (AvgIpc) is 2.52. The van der Waals surface area contributed by atoms with Crippen LogP contribution in [0.4, 0.5) is 0 Å². The number of carboxylic acids is 1. The zero-order valence-electron chi connectivity index (χ0n) is 9.59. The van der Waals surface area contributed by atoms with Crippen molar-refractivity contribution in [3.63, 3.8) is 0 Å². The van der Waals surface area contributed by atoms with Crippen LogP contribution in [0.3, 0.4) is 0 Å². The van der Waals surface area contributed by atoms with Crippen LogP contribution >= 0.6 is 0 Å². The number of amides is 1. The highest BCUT2D eigenvalue weighted by Gasteiger charge is 2.50. The maximum Gasteiger partial charge on any atom is 0.335 e. The smallest absolute Gasteiger partial charge is 0.335 e. The molecule has 0 aromatic rings. The Labute approximate surface area is 98.6 Å². The van der Waals surface area contributed by atoms with E-state index in [1.54, 1.807) is 0 Å². The number of hydrogen-bond acceptors (Lipinski definition) is 5. The third-order valence-electron chi connectivity index (χ3n) is 3.20. The van der Waals surface area contributed by atoms with Gasteiger partial charge in [-0.15, -0.1) is 0 Å². The van der Waals surface area contributed by atoms with Gasteiger partial charge in [-0.1, -0.05) is 0 Å². The molecule has 0 aromatic carbocycles. The maximum atomic E-state index is 10.9. The monoisotopic (exact) mass is 246 g/mol. The molecule has 17 heavy (non-hydrogen) atoms. The van der Waals surface area contributed by atoms with Gasteiger partial charge in [0.25, 0.3) is 0 Å². The van der Waals surface area contributed by atoms with Gasteiger partial charge >= 0.3 is 5.97 Å². The third-order valence-corrected chi connectivity index (χ3v) is 3.20. The Bertz CT molecular complexity index is 322. The Morgan fingerprint density at radius 3 is 2.47 bits per heavy atom. The van der Waals surface area contributed by atoms with E-state index in [1.165, 1.54) is 6.92 Å². The van der Waals surface area contributed by atoms with Crippen LogP contribution in [0, 0.1) is 5.92 Å². The quantitative estimate of drug-likeness (QED) is 0.391. The molecule has 1 saturated carbocycles. The molecule has 0 aromatic heterocycles. The fourth-order valence-corrected chi connectivity index (χ4v) is 2.33. The van der Waals surface area contributed by atoms with E-state index in [0.717, 1.165) is 0 Å². The summed E-state index contributed by atoms with van der Waals surface area (Å²) in [4.78, 5) is 21.8. The number of aliphatic carboxylic acids is 1. The minimum Gasteiger partial charge on any atom is -0.479 e. The van der Waals surface area contributed by atoms with E-state index < -0.39 is 29.6 Å². The Morgan fingerprint density at radius 2 is 2.12 bits per heavy atom. The molecule has 0 heterocycles. The maximum absolute atomic E-state index is 10.9. The second-order valence-electron chi connectivity index (χ2n) is 4.56. The molecule has 1 fully saturated rings. The molecule has 1 aliphatic rings. The lowest BCUT2D eigenvalue weighted by molar-refractivity contribution is -0.158. The summed E-state index contributed by atoms with van der Waals surface area (Å²) in [7, 11) is 0. The predicted octanol–water partition coefficient (Wildman–Crippen LogP) is -1.96. The molecule has 98 valence electrons. The van der Waals surface area contributed by atoms with E-state index in [-0.39, 0.29) is 25.4 Å².